The summed E-state index contributed by atoms with van der Waals surface area (Å²) in [5, 5.41) is 12.4. The van der Waals surface area contributed by atoms with E-state index in [-0.39, 0.29) is 6.10 Å². The number of aliphatic hydroxyl groups is 1. The Bertz CT molecular complexity index is 645. The second kappa shape index (κ2) is 24.1. The van der Waals surface area contributed by atoms with Crippen molar-refractivity contribution in [1.82, 2.24) is 0 Å². The number of aliphatic hydroxyl groups excluding tert-OH is 1. The Balaban J connectivity index is 4.07. The Kier molecular flexibility index (Phi) is 23.4. The number of benzene rings is 1. The van der Waals surface area contributed by atoms with E-state index in [1.165, 1.54) is 95.5 Å². The van der Waals surface area contributed by atoms with Gasteiger partial charge < -0.3 is 0 Å². The Morgan fingerprint density at radius 1 is 0.512 bits per heavy atom. The molecule has 1 rings (SSSR count). The average molecular weight is 784 g/mol. The van der Waals surface area contributed by atoms with Crippen molar-refractivity contribution in [3.8, 4) is 0 Å². The summed E-state index contributed by atoms with van der Waals surface area (Å²) >= 11 is -5.44. The molecule has 0 amide bonds. The van der Waals surface area contributed by atoms with E-state index in [1.54, 1.807) is 26.6 Å². The van der Waals surface area contributed by atoms with Crippen LogP contribution in [-0.4, -0.2) is 48.0 Å². The summed E-state index contributed by atoms with van der Waals surface area (Å²) in [6.07, 6.45) is 21.3. The molecule has 1 nitrogen and oxygen atoms in total. The Morgan fingerprint density at radius 3 is 1.17 bits per heavy atom. The molecule has 0 aromatic heterocycles. The molecule has 0 spiro atoms. The van der Waals surface area contributed by atoms with Gasteiger partial charge in [0.25, 0.3) is 0 Å². The first-order valence-electron chi connectivity index (χ1n) is 18.7. The van der Waals surface area contributed by atoms with E-state index in [0.717, 1.165) is 14.8 Å². The van der Waals surface area contributed by atoms with Gasteiger partial charge in [-0.3, -0.25) is 0 Å². The van der Waals surface area contributed by atoms with Gasteiger partial charge in [0.1, 0.15) is 0 Å². The van der Waals surface area contributed by atoms with Gasteiger partial charge in [-0.1, -0.05) is 0 Å². The number of hydrogen-bond acceptors (Lipinski definition) is 1. The van der Waals surface area contributed by atoms with E-state index in [2.05, 4.69) is 78.8 Å². The Labute approximate surface area is 267 Å². The maximum absolute atomic E-state index is 12.4. The normalized spacial score (nSPS) is 14.1. The molecule has 0 radical (unpaired) electrons. The summed E-state index contributed by atoms with van der Waals surface area (Å²) in [7, 11) is 0. The fourth-order valence-electron chi connectivity index (χ4n) is 8.40. The number of unbranched alkanes of at least 4 members (excludes halogenated alkanes) is 7. The van der Waals surface area contributed by atoms with E-state index < -0.39 is 36.8 Å². The molecule has 2 atom stereocenters. The van der Waals surface area contributed by atoms with Crippen molar-refractivity contribution in [1.29, 1.82) is 0 Å². The minimum absolute atomic E-state index is 0.109. The number of hydrogen-bond donors (Lipinski definition) is 1. The predicted molar refractivity (Wildman–Crippen MR) is 193 cm³/mol. The third kappa shape index (κ3) is 13.8. The van der Waals surface area contributed by atoms with Crippen molar-refractivity contribution in [2.45, 2.75) is 186 Å². The molecular formula is C38H74OSn2. The summed E-state index contributed by atoms with van der Waals surface area (Å²) in [5.41, 5.74) is 1.50. The molecule has 1 aromatic rings. The first-order chi connectivity index (χ1) is 19.9. The zero-order valence-electron chi connectivity index (χ0n) is 29.1. The van der Waals surface area contributed by atoms with Gasteiger partial charge in [0.15, 0.2) is 0 Å². The van der Waals surface area contributed by atoms with Gasteiger partial charge in [-0.05, 0) is 0 Å². The van der Waals surface area contributed by atoms with Crippen LogP contribution in [0.5, 0.6) is 0 Å². The third-order valence-electron chi connectivity index (χ3n) is 10.6. The van der Waals surface area contributed by atoms with Crippen LogP contribution in [0.1, 0.15) is 150 Å². The van der Waals surface area contributed by atoms with Crippen molar-refractivity contribution in [2.24, 2.45) is 5.92 Å². The molecule has 0 heterocycles. The SMILES string of the molecule is CCCC[C@@H](O)[C@H](Cc1ccccc1)[CH]([Sn]([CH2]CCC)([CH2]CCC)[CH2]CCC)[Sn]([CH2]CCC)([CH2]CCC)[CH2]CCC. The van der Waals surface area contributed by atoms with Crippen LogP contribution in [0, 0.1) is 5.92 Å². The van der Waals surface area contributed by atoms with E-state index in [4.69, 9.17) is 0 Å². The number of rotatable bonds is 27. The summed E-state index contributed by atoms with van der Waals surface area (Å²) < 4.78 is 10.7. The monoisotopic (exact) mass is 786 g/mol. The molecule has 3 heteroatoms. The van der Waals surface area contributed by atoms with E-state index in [0.29, 0.717) is 5.92 Å². The van der Waals surface area contributed by atoms with Crippen molar-refractivity contribution in [3.05, 3.63) is 35.9 Å². The summed E-state index contributed by atoms with van der Waals surface area (Å²) in [6, 6.07) is 11.5. The standard InChI is InChI=1S/C14H20O.6C4H9.2Sn/c1-3-4-10-14(15)12(2)11-13-8-6-5-7-9-13;6*1-3-4-2;;/h2,5-9,12,14-15H,3-4,10-11H2,1H3;6*1,3-4H2,2H3;;/t12-,14+;;;;;;;;/m0......../s1. The van der Waals surface area contributed by atoms with Crippen LogP contribution in [0.15, 0.2) is 30.3 Å². The molecule has 240 valence electrons. The summed E-state index contributed by atoms with van der Waals surface area (Å²) in [6.45, 7) is 17.0. The summed E-state index contributed by atoms with van der Waals surface area (Å²) in [5.74, 6) is 0.520. The molecule has 0 saturated carbocycles. The van der Waals surface area contributed by atoms with E-state index in [1.807, 2.05) is 0 Å². The van der Waals surface area contributed by atoms with Crippen molar-refractivity contribution in [2.75, 3.05) is 0 Å². The van der Waals surface area contributed by atoms with E-state index >= 15 is 0 Å². The van der Waals surface area contributed by atoms with Crippen LogP contribution in [0.4, 0.5) is 0 Å². The molecule has 0 fully saturated rings. The second-order valence-corrected chi connectivity index (χ2v) is 46.3. The van der Waals surface area contributed by atoms with Gasteiger partial charge in [-0.25, -0.2) is 0 Å². The summed E-state index contributed by atoms with van der Waals surface area (Å²) in [4.78, 5) is 0. The van der Waals surface area contributed by atoms with Gasteiger partial charge in [0.2, 0.25) is 0 Å². The molecule has 1 aromatic carbocycles. The molecule has 0 aliphatic heterocycles. The third-order valence-corrected chi connectivity index (χ3v) is 67.1. The van der Waals surface area contributed by atoms with Gasteiger partial charge in [0, 0.05) is 0 Å². The van der Waals surface area contributed by atoms with Crippen LogP contribution < -0.4 is 0 Å². The molecular weight excluding hydrogens is 710 g/mol. The van der Waals surface area contributed by atoms with Crippen LogP contribution >= 0.6 is 0 Å². The second-order valence-electron chi connectivity index (χ2n) is 13.9. The Hall–Kier alpha value is 0.777. The molecule has 0 saturated heterocycles. The quantitative estimate of drug-likeness (QED) is 0.0881. The van der Waals surface area contributed by atoms with Crippen LogP contribution in [0.3, 0.4) is 0 Å². The zero-order valence-corrected chi connectivity index (χ0v) is 34.8. The topological polar surface area (TPSA) is 20.2 Å². The molecule has 0 aliphatic carbocycles. The van der Waals surface area contributed by atoms with Crippen LogP contribution in [0.25, 0.3) is 0 Å². The minimum atomic E-state index is -2.72. The van der Waals surface area contributed by atoms with Crippen molar-refractivity contribution >= 4 is 36.8 Å². The maximum atomic E-state index is 12.4. The first-order valence-corrected chi connectivity index (χ1v) is 34.1. The molecule has 0 bridgehead atoms. The van der Waals surface area contributed by atoms with Crippen LogP contribution in [0.2, 0.25) is 28.6 Å². The fourth-order valence-corrected chi connectivity index (χ4v) is 88.4. The van der Waals surface area contributed by atoms with Crippen LogP contribution in [-0.2, 0) is 6.42 Å². The van der Waals surface area contributed by atoms with Crippen molar-refractivity contribution in [3.63, 3.8) is 0 Å². The average Bonchev–Trinajstić information content (AvgIpc) is 3.00. The Morgan fingerprint density at radius 2 is 0.854 bits per heavy atom. The van der Waals surface area contributed by atoms with Gasteiger partial charge in [-0.15, -0.1) is 0 Å². The molecule has 0 unspecified atom stereocenters. The predicted octanol–water partition coefficient (Wildman–Crippen LogP) is 13.0. The van der Waals surface area contributed by atoms with Crippen molar-refractivity contribution < 1.29 is 5.11 Å². The molecule has 0 aliphatic rings. The van der Waals surface area contributed by atoms with Gasteiger partial charge in [0.05, 0.1) is 0 Å². The molecule has 1 N–H and O–H groups in total. The fraction of sp³-hybridized carbons (Fsp3) is 0.842. The molecule has 41 heavy (non-hydrogen) atoms. The van der Waals surface area contributed by atoms with Gasteiger partial charge in [-0.2, -0.15) is 0 Å². The van der Waals surface area contributed by atoms with E-state index in [9.17, 15) is 5.11 Å². The van der Waals surface area contributed by atoms with Gasteiger partial charge >= 0.3 is 270 Å². The first kappa shape index (κ1) is 39.8. The zero-order chi connectivity index (χ0) is 30.4.